The summed E-state index contributed by atoms with van der Waals surface area (Å²) in [6.45, 7) is 0.0109. The summed E-state index contributed by atoms with van der Waals surface area (Å²) < 4.78 is 55.5. The SMILES string of the molecule is Cc1ccc(S(=O)(=O)N2CCN(C(=O)C=Cc3ccc(OC(F)F)cc3)CC2)cc1. The molecule has 0 spiro atoms. The zero-order chi connectivity index (χ0) is 21.7. The standard InChI is InChI=1S/C21H22F2N2O4S/c1-16-2-9-19(10-3-16)30(27,28)25-14-12-24(13-15-25)20(26)11-6-17-4-7-18(8-5-17)29-21(22)23/h2-11,21H,12-15H2,1H3. The van der Waals surface area contributed by atoms with Gasteiger partial charge in [-0.3, -0.25) is 4.79 Å². The van der Waals surface area contributed by atoms with Crippen LogP contribution in [0.4, 0.5) is 8.78 Å². The lowest BCUT2D eigenvalue weighted by Gasteiger charge is -2.33. The lowest BCUT2D eigenvalue weighted by atomic mass is 10.2. The Morgan fingerprint density at radius 1 is 1.00 bits per heavy atom. The summed E-state index contributed by atoms with van der Waals surface area (Å²) >= 11 is 0. The van der Waals surface area contributed by atoms with E-state index in [4.69, 9.17) is 0 Å². The molecular weight excluding hydrogens is 414 g/mol. The minimum absolute atomic E-state index is 0.0411. The monoisotopic (exact) mass is 436 g/mol. The topological polar surface area (TPSA) is 66.9 Å². The van der Waals surface area contributed by atoms with Gasteiger partial charge >= 0.3 is 6.61 Å². The summed E-state index contributed by atoms with van der Waals surface area (Å²) in [6, 6.07) is 12.6. The second-order valence-electron chi connectivity index (χ2n) is 6.82. The van der Waals surface area contributed by atoms with Crippen LogP contribution in [-0.4, -0.2) is 56.3 Å². The molecule has 0 unspecified atom stereocenters. The lowest BCUT2D eigenvalue weighted by Crippen LogP contribution is -2.50. The van der Waals surface area contributed by atoms with Crippen molar-refractivity contribution in [2.75, 3.05) is 26.2 Å². The number of halogens is 2. The average molecular weight is 436 g/mol. The first-order chi connectivity index (χ1) is 14.3. The van der Waals surface area contributed by atoms with Crippen LogP contribution in [0.2, 0.25) is 0 Å². The summed E-state index contributed by atoms with van der Waals surface area (Å²) in [5, 5.41) is 0. The van der Waals surface area contributed by atoms with E-state index in [0.717, 1.165) is 5.56 Å². The fourth-order valence-corrected chi connectivity index (χ4v) is 4.46. The highest BCUT2D eigenvalue weighted by Crippen LogP contribution is 2.19. The number of nitrogens with zero attached hydrogens (tertiary/aromatic N) is 2. The number of hydrogen-bond acceptors (Lipinski definition) is 4. The van der Waals surface area contributed by atoms with E-state index >= 15 is 0 Å². The first kappa shape index (κ1) is 21.9. The van der Waals surface area contributed by atoms with Gasteiger partial charge in [0.25, 0.3) is 0 Å². The van der Waals surface area contributed by atoms with Gasteiger partial charge in [0, 0.05) is 32.3 Å². The van der Waals surface area contributed by atoms with Crippen LogP contribution in [0.3, 0.4) is 0 Å². The van der Waals surface area contributed by atoms with E-state index in [1.165, 1.54) is 22.5 Å². The van der Waals surface area contributed by atoms with E-state index < -0.39 is 16.6 Å². The van der Waals surface area contributed by atoms with Gasteiger partial charge in [0.15, 0.2) is 0 Å². The highest BCUT2D eigenvalue weighted by molar-refractivity contribution is 7.89. The Morgan fingerprint density at radius 3 is 2.17 bits per heavy atom. The number of aryl methyl sites for hydroxylation is 1. The molecule has 9 heteroatoms. The van der Waals surface area contributed by atoms with Crippen LogP contribution in [0.1, 0.15) is 11.1 Å². The summed E-state index contributed by atoms with van der Waals surface area (Å²) in [5.41, 5.74) is 1.64. The first-order valence-electron chi connectivity index (χ1n) is 9.34. The summed E-state index contributed by atoms with van der Waals surface area (Å²) in [4.78, 5) is 14.2. The van der Waals surface area contributed by atoms with Gasteiger partial charge < -0.3 is 9.64 Å². The van der Waals surface area contributed by atoms with Crippen LogP contribution in [0, 0.1) is 6.92 Å². The molecule has 2 aromatic rings. The molecule has 0 aliphatic carbocycles. The van der Waals surface area contributed by atoms with E-state index in [1.807, 2.05) is 6.92 Å². The molecule has 1 aliphatic rings. The maximum Gasteiger partial charge on any atom is 0.387 e. The smallest absolute Gasteiger partial charge is 0.387 e. The van der Waals surface area contributed by atoms with Crippen LogP contribution >= 0.6 is 0 Å². The molecule has 1 amide bonds. The van der Waals surface area contributed by atoms with Crippen molar-refractivity contribution in [3.05, 3.63) is 65.7 Å². The van der Waals surface area contributed by atoms with E-state index in [9.17, 15) is 22.0 Å². The number of rotatable bonds is 6. The normalized spacial score (nSPS) is 15.7. The van der Waals surface area contributed by atoms with Crippen molar-refractivity contribution in [3.8, 4) is 5.75 Å². The van der Waals surface area contributed by atoms with Crippen molar-refractivity contribution in [1.29, 1.82) is 0 Å². The second-order valence-corrected chi connectivity index (χ2v) is 8.76. The van der Waals surface area contributed by atoms with Crippen molar-refractivity contribution in [2.45, 2.75) is 18.4 Å². The molecule has 0 radical (unpaired) electrons. The molecule has 6 nitrogen and oxygen atoms in total. The van der Waals surface area contributed by atoms with Crippen LogP contribution in [0.5, 0.6) is 5.75 Å². The maximum atomic E-state index is 12.7. The third-order valence-corrected chi connectivity index (χ3v) is 6.65. The van der Waals surface area contributed by atoms with Crippen LogP contribution < -0.4 is 4.74 Å². The van der Waals surface area contributed by atoms with Crippen LogP contribution in [-0.2, 0) is 14.8 Å². The Morgan fingerprint density at radius 2 is 1.60 bits per heavy atom. The molecule has 1 aliphatic heterocycles. The largest absolute Gasteiger partial charge is 0.435 e. The predicted octanol–water partition coefficient (Wildman–Crippen LogP) is 3.14. The number of amides is 1. The van der Waals surface area contributed by atoms with Gasteiger partial charge in [-0.25, -0.2) is 8.42 Å². The van der Waals surface area contributed by atoms with Gasteiger partial charge in [-0.1, -0.05) is 29.8 Å². The molecule has 0 atom stereocenters. The number of carbonyl (C=O) groups excluding carboxylic acids is 1. The van der Waals surface area contributed by atoms with Crippen molar-refractivity contribution >= 4 is 22.0 Å². The third kappa shape index (κ3) is 5.43. The fourth-order valence-electron chi connectivity index (χ4n) is 3.04. The summed E-state index contributed by atoms with van der Waals surface area (Å²) in [6.07, 6.45) is 2.96. The molecule has 0 N–H and O–H groups in total. The predicted molar refractivity (Wildman–Crippen MR) is 109 cm³/mol. The number of hydrogen-bond donors (Lipinski definition) is 0. The number of ether oxygens (including phenoxy) is 1. The average Bonchev–Trinajstić information content (AvgIpc) is 2.73. The van der Waals surface area contributed by atoms with E-state index in [-0.39, 0.29) is 42.7 Å². The molecule has 0 aromatic heterocycles. The number of alkyl halides is 2. The molecule has 2 aromatic carbocycles. The van der Waals surface area contributed by atoms with Crippen molar-refractivity contribution in [2.24, 2.45) is 0 Å². The van der Waals surface area contributed by atoms with E-state index in [2.05, 4.69) is 4.74 Å². The minimum Gasteiger partial charge on any atom is -0.435 e. The Hall–Kier alpha value is -2.78. The van der Waals surface area contributed by atoms with Gasteiger partial charge in [0.1, 0.15) is 5.75 Å². The van der Waals surface area contributed by atoms with E-state index in [1.54, 1.807) is 47.4 Å². The molecule has 3 rings (SSSR count). The number of benzene rings is 2. The Labute approximate surface area is 174 Å². The molecule has 1 saturated heterocycles. The third-order valence-electron chi connectivity index (χ3n) is 4.73. The highest BCUT2D eigenvalue weighted by Gasteiger charge is 2.29. The summed E-state index contributed by atoms with van der Waals surface area (Å²) in [5.74, 6) is -0.199. The van der Waals surface area contributed by atoms with Crippen molar-refractivity contribution in [1.82, 2.24) is 9.21 Å². The van der Waals surface area contributed by atoms with E-state index in [0.29, 0.717) is 5.56 Å². The molecule has 1 heterocycles. The molecule has 160 valence electrons. The van der Waals surface area contributed by atoms with Gasteiger partial charge in [0.2, 0.25) is 15.9 Å². The van der Waals surface area contributed by atoms with Gasteiger partial charge in [-0.2, -0.15) is 13.1 Å². The van der Waals surface area contributed by atoms with Crippen molar-refractivity contribution in [3.63, 3.8) is 0 Å². The quantitative estimate of drug-likeness (QED) is 0.653. The molecule has 30 heavy (non-hydrogen) atoms. The summed E-state index contributed by atoms with van der Waals surface area (Å²) in [7, 11) is -3.58. The number of piperazine rings is 1. The first-order valence-corrected chi connectivity index (χ1v) is 10.8. The Bertz CT molecular complexity index is 998. The molecule has 0 bridgehead atoms. The zero-order valence-electron chi connectivity index (χ0n) is 16.4. The molecular formula is C21H22F2N2O4S. The zero-order valence-corrected chi connectivity index (χ0v) is 17.2. The number of carbonyl (C=O) groups is 1. The molecule has 1 fully saturated rings. The van der Waals surface area contributed by atoms with Gasteiger partial charge in [-0.05, 0) is 42.8 Å². The van der Waals surface area contributed by atoms with Gasteiger partial charge in [0.05, 0.1) is 4.90 Å². The Balaban J connectivity index is 1.56. The van der Waals surface area contributed by atoms with Gasteiger partial charge in [-0.15, -0.1) is 0 Å². The minimum atomic E-state index is -3.58. The fraction of sp³-hybridized carbons (Fsp3) is 0.286. The second kappa shape index (κ2) is 9.36. The van der Waals surface area contributed by atoms with Crippen LogP contribution in [0.15, 0.2) is 59.5 Å². The highest BCUT2D eigenvalue weighted by atomic mass is 32.2. The van der Waals surface area contributed by atoms with Crippen LogP contribution in [0.25, 0.3) is 6.08 Å². The van der Waals surface area contributed by atoms with Crippen molar-refractivity contribution < 1.29 is 26.7 Å². The number of sulfonamides is 1. The molecule has 0 saturated carbocycles. The Kier molecular flexibility index (Phi) is 6.84. The lowest BCUT2D eigenvalue weighted by molar-refractivity contribution is -0.127. The maximum absolute atomic E-state index is 12.7.